The highest BCUT2D eigenvalue weighted by molar-refractivity contribution is 5.98. The lowest BCUT2D eigenvalue weighted by atomic mass is 10.1. The Bertz CT molecular complexity index is 983. The number of nitrogens with zero attached hydrogens (tertiary/aromatic N) is 5. The van der Waals surface area contributed by atoms with Crippen LogP contribution in [-0.4, -0.2) is 39.6 Å². The number of methoxy groups -OCH3 is 1. The first-order valence-electron chi connectivity index (χ1n) is 8.18. The van der Waals surface area contributed by atoms with Gasteiger partial charge in [-0.15, -0.1) is 0 Å². The minimum atomic E-state index is -0.441. The summed E-state index contributed by atoms with van der Waals surface area (Å²) in [5.41, 5.74) is 0.934. The van der Waals surface area contributed by atoms with Crippen molar-refractivity contribution >= 4 is 11.7 Å². The van der Waals surface area contributed by atoms with Crippen molar-refractivity contribution in [3.8, 4) is 5.75 Å². The molecule has 0 saturated heterocycles. The summed E-state index contributed by atoms with van der Waals surface area (Å²) in [4.78, 5) is 35.8. The lowest BCUT2D eigenvalue weighted by Gasteiger charge is -2.21. The van der Waals surface area contributed by atoms with Crippen LogP contribution < -0.4 is 15.2 Å². The van der Waals surface area contributed by atoms with Crippen LogP contribution in [0.2, 0.25) is 0 Å². The van der Waals surface area contributed by atoms with E-state index >= 15 is 0 Å². The summed E-state index contributed by atoms with van der Waals surface area (Å²) in [5.74, 6) is -0.116. The zero-order valence-electron chi connectivity index (χ0n) is 15.2. The number of ketones is 1. The molecule has 9 nitrogen and oxygen atoms in total. The number of rotatable bonds is 7. The predicted octanol–water partition coefficient (Wildman–Crippen LogP) is 1.23. The monoisotopic (exact) mass is 369 g/mol. The minimum Gasteiger partial charge on any atom is -0.489 e. The van der Waals surface area contributed by atoms with E-state index in [1.165, 1.54) is 24.1 Å². The molecule has 0 N–H and O–H groups in total. The molecule has 3 rings (SSSR count). The van der Waals surface area contributed by atoms with E-state index in [1.54, 1.807) is 25.2 Å². The van der Waals surface area contributed by atoms with Crippen molar-refractivity contribution in [3.63, 3.8) is 0 Å². The van der Waals surface area contributed by atoms with Crippen molar-refractivity contribution < 1.29 is 14.1 Å². The fourth-order valence-corrected chi connectivity index (χ4v) is 2.67. The van der Waals surface area contributed by atoms with E-state index in [-0.39, 0.29) is 23.6 Å². The van der Waals surface area contributed by atoms with Crippen molar-refractivity contribution in [1.29, 1.82) is 0 Å². The first kappa shape index (κ1) is 18.3. The van der Waals surface area contributed by atoms with Crippen molar-refractivity contribution in [1.82, 2.24) is 19.7 Å². The fourth-order valence-electron chi connectivity index (χ4n) is 2.67. The number of hydrogen-bond acceptors (Lipinski definition) is 8. The van der Waals surface area contributed by atoms with E-state index in [4.69, 9.17) is 9.26 Å². The topological polar surface area (TPSA) is 103 Å². The van der Waals surface area contributed by atoms with E-state index in [0.29, 0.717) is 18.1 Å². The van der Waals surface area contributed by atoms with Gasteiger partial charge in [0.15, 0.2) is 11.5 Å². The number of carbonyl (C=O) groups excluding carboxylic acids is 1. The maximum atomic E-state index is 12.7. The molecule has 3 aromatic heterocycles. The summed E-state index contributed by atoms with van der Waals surface area (Å²) in [7, 11) is 4.69. The van der Waals surface area contributed by atoms with Gasteiger partial charge in [-0.2, -0.15) is 0 Å². The number of carbonyl (C=O) groups is 1. The van der Waals surface area contributed by atoms with Crippen molar-refractivity contribution in [2.45, 2.75) is 13.0 Å². The molecule has 0 atom stereocenters. The third-order valence-corrected chi connectivity index (χ3v) is 4.01. The van der Waals surface area contributed by atoms with E-state index in [2.05, 4.69) is 15.1 Å². The zero-order valence-corrected chi connectivity index (χ0v) is 15.2. The van der Waals surface area contributed by atoms with Crippen LogP contribution in [0.4, 0.5) is 5.95 Å². The van der Waals surface area contributed by atoms with Crippen molar-refractivity contribution in [2.24, 2.45) is 7.05 Å². The van der Waals surface area contributed by atoms with Gasteiger partial charge in [-0.1, -0.05) is 11.2 Å². The molecule has 0 aliphatic carbocycles. The Hall–Kier alpha value is -3.49. The average molecular weight is 369 g/mol. The quantitative estimate of drug-likeness (QED) is 0.573. The first-order valence-corrected chi connectivity index (χ1v) is 8.18. The van der Waals surface area contributed by atoms with Gasteiger partial charge >= 0.3 is 0 Å². The highest BCUT2D eigenvalue weighted by atomic mass is 16.5. The van der Waals surface area contributed by atoms with Crippen LogP contribution in [0.15, 0.2) is 46.2 Å². The molecular weight excluding hydrogens is 350 g/mol. The highest BCUT2D eigenvalue weighted by Crippen LogP contribution is 2.19. The van der Waals surface area contributed by atoms with Crippen molar-refractivity contribution in [2.75, 3.05) is 19.1 Å². The van der Waals surface area contributed by atoms with Gasteiger partial charge in [0.1, 0.15) is 6.26 Å². The second-order valence-electron chi connectivity index (χ2n) is 5.97. The van der Waals surface area contributed by atoms with Crippen LogP contribution in [0.25, 0.3) is 0 Å². The number of ether oxygens (including phenoxy) is 1. The third-order valence-electron chi connectivity index (χ3n) is 4.01. The van der Waals surface area contributed by atoms with E-state index < -0.39 is 5.56 Å². The molecule has 9 heteroatoms. The van der Waals surface area contributed by atoms with Gasteiger partial charge in [-0.25, -0.2) is 4.98 Å². The molecule has 0 bridgehead atoms. The van der Waals surface area contributed by atoms with Gasteiger partial charge < -0.3 is 14.2 Å². The molecule has 27 heavy (non-hydrogen) atoms. The molecule has 0 fully saturated rings. The van der Waals surface area contributed by atoms with Crippen LogP contribution in [0.3, 0.4) is 0 Å². The van der Waals surface area contributed by atoms with Crippen LogP contribution in [0.1, 0.15) is 21.7 Å². The summed E-state index contributed by atoms with van der Waals surface area (Å²) in [5, 5.41) is 3.58. The Labute approximate surface area is 155 Å². The third kappa shape index (κ3) is 3.86. The summed E-state index contributed by atoms with van der Waals surface area (Å²) in [6.07, 6.45) is 4.51. The molecule has 3 heterocycles. The average Bonchev–Trinajstić information content (AvgIpc) is 3.17. The highest BCUT2D eigenvalue weighted by Gasteiger charge is 2.23. The molecular formula is C18H19N5O4. The smallest absolute Gasteiger partial charge is 0.297 e. The number of anilines is 1. The Morgan fingerprint density at radius 1 is 1.37 bits per heavy atom. The fraction of sp³-hybridized carbons (Fsp3) is 0.278. The number of Topliss-reactive ketones (excluding diaryl/α,β-unsaturated/α-hetero) is 1. The summed E-state index contributed by atoms with van der Waals surface area (Å²) in [6, 6.07) is 5.58. The SMILES string of the molecule is COc1c(C(=O)Cc2cnoc2)nc(N(C)Cc2ccccn2)n(C)c1=O. The molecule has 0 saturated carbocycles. The number of pyridine rings is 1. The molecule has 0 unspecified atom stereocenters. The molecule has 140 valence electrons. The van der Waals surface area contributed by atoms with Crippen LogP contribution in [0.5, 0.6) is 5.75 Å². The second kappa shape index (κ2) is 7.81. The Kier molecular flexibility index (Phi) is 5.30. The van der Waals surface area contributed by atoms with Gasteiger partial charge in [0.05, 0.1) is 25.5 Å². The second-order valence-corrected chi connectivity index (χ2v) is 5.97. The van der Waals surface area contributed by atoms with E-state index in [0.717, 1.165) is 5.69 Å². The lowest BCUT2D eigenvalue weighted by molar-refractivity contribution is 0.0984. The summed E-state index contributed by atoms with van der Waals surface area (Å²) < 4.78 is 11.3. The number of hydrogen-bond donors (Lipinski definition) is 0. The number of aromatic nitrogens is 4. The first-order chi connectivity index (χ1) is 13.0. The van der Waals surface area contributed by atoms with Crippen LogP contribution >= 0.6 is 0 Å². The van der Waals surface area contributed by atoms with Crippen LogP contribution in [0, 0.1) is 0 Å². The van der Waals surface area contributed by atoms with Crippen LogP contribution in [-0.2, 0) is 20.0 Å². The summed E-state index contributed by atoms with van der Waals surface area (Å²) in [6.45, 7) is 0.423. The van der Waals surface area contributed by atoms with E-state index in [1.807, 2.05) is 18.2 Å². The molecule has 0 amide bonds. The maximum Gasteiger partial charge on any atom is 0.297 e. The van der Waals surface area contributed by atoms with Gasteiger partial charge in [0, 0.05) is 32.3 Å². The van der Waals surface area contributed by atoms with E-state index in [9.17, 15) is 9.59 Å². The van der Waals surface area contributed by atoms with Gasteiger partial charge in [0.25, 0.3) is 5.56 Å². The Morgan fingerprint density at radius 2 is 2.19 bits per heavy atom. The predicted molar refractivity (Wildman–Crippen MR) is 96.9 cm³/mol. The van der Waals surface area contributed by atoms with Gasteiger partial charge in [0.2, 0.25) is 11.7 Å². The standard InChI is InChI=1S/C18H19N5O4/c1-22(10-13-6-4-5-7-19-13)18-21-15(16(26-3)17(25)23(18)2)14(24)8-12-9-20-27-11-12/h4-7,9,11H,8,10H2,1-3H3. The molecule has 0 aliphatic rings. The maximum absolute atomic E-state index is 12.7. The summed E-state index contributed by atoms with van der Waals surface area (Å²) >= 11 is 0. The molecule has 0 aromatic carbocycles. The molecule has 0 aliphatic heterocycles. The Morgan fingerprint density at radius 3 is 2.81 bits per heavy atom. The largest absolute Gasteiger partial charge is 0.489 e. The normalized spacial score (nSPS) is 10.6. The molecule has 3 aromatic rings. The molecule has 0 spiro atoms. The van der Waals surface area contributed by atoms with Gasteiger partial charge in [-0.3, -0.25) is 19.1 Å². The minimum absolute atomic E-state index is 0.00340. The molecule has 0 radical (unpaired) electrons. The Balaban J connectivity index is 1.98. The van der Waals surface area contributed by atoms with Gasteiger partial charge in [-0.05, 0) is 12.1 Å². The zero-order chi connectivity index (χ0) is 19.4. The lowest BCUT2D eigenvalue weighted by Crippen LogP contribution is -2.31. The van der Waals surface area contributed by atoms with Crippen molar-refractivity contribution in [3.05, 3.63) is 64.2 Å².